The first-order chi connectivity index (χ1) is 9.29. The SMILES string of the molecule is Nc1ccc(S(=O)(=O)Nc2cc(Cl)ccc2Cl)cc1Cl. The lowest BCUT2D eigenvalue weighted by Crippen LogP contribution is -2.13. The minimum Gasteiger partial charge on any atom is -0.398 e. The molecule has 0 fully saturated rings. The molecular formula is C12H9Cl3N2O2S. The zero-order valence-electron chi connectivity index (χ0n) is 9.90. The van der Waals surface area contributed by atoms with E-state index < -0.39 is 10.0 Å². The van der Waals surface area contributed by atoms with E-state index in [4.69, 9.17) is 40.5 Å². The number of hydrogen-bond acceptors (Lipinski definition) is 3. The molecule has 0 aliphatic heterocycles. The monoisotopic (exact) mass is 350 g/mol. The Morgan fingerprint density at radius 2 is 1.65 bits per heavy atom. The summed E-state index contributed by atoms with van der Waals surface area (Å²) in [5.74, 6) is 0. The lowest BCUT2D eigenvalue weighted by atomic mass is 10.3. The number of halogens is 3. The molecule has 0 aliphatic carbocycles. The minimum absolute atomic E-state index is 0.0206. The average Bonchev–Trinajstić information content (AvgIpc) is 2.36. The lowest BCUT2D eigenvalue weighted by Gasteiger charge is -2.10. The number of nitrogens with two attached hydrogens (primary N) is 1. The summed E-state index contributed by atoms with van der Waals surface area (Å²) in [6.45, 7) is 0. The van der Waals surface area contributed by atoms with Gasteiger partial charge in [-0.1, -0.05) is 34.8 Å². The van der Waals surface area contributed by atoms with Crippen LogP contribution in [0.1, 0.15) is 0 Å². The normalized spacial score (nSPS) is 11.3. The second kappa shape index (κ2) is 5.69. The van der Waals surface area contributed by atoms with E-state index in [1.807, 2.05) is 0 Å². The fourth-order valence-corrected chi connectivity index (χ4v) is 3.19. The number of nitrogens with one attached hydrogen (secondary N) is 1. The van der Waals surface area contributed by atoms with Gasteiger partial charge in [0.05, 0.1) is 26.3 Å². The Labute approximate surface area is 131 Å². The Morgan fingerprint density at radius 3 is 2.30 bits per heavy atom. The van der Waals surface area contributed by atoms with Gasteiger partial charge in [-0.2, -0.15) is 0 Å². The highest BCUT2D eigenvalue weighted by Crippen LogP contribution is 2.29. The third-order valence-electron chi connectivity index (χ3n) is 2.45. The molecule has 2 aromatic carbocycles. The first-order valence-electron chi connectivity index (χ1n) is 5.32. The summed E-state index contributed by atoms with van der Waals surface area (Å²) in [5.41, 5.74) is 6.03. The molecule has 3 N–H and O–H groups in total. The molecule has 4 nitrogen and oxygen atoms in total. The second-order valence-electron chi connectivity index (χ2n) is 3.91. The summed E-state index contributed by atoms with van der Waals surface area (Å²) < 4.78 is 26.8. The first-order valence-corrected chi connectivity index (χ1v) is 7.94. The Kier molecular flexibility index (Phi) is 4.34. The smallest absolute Gasteiger partial charge is 0.261 e. The molecular weight excluding hydrogens is 343 g/mol. The van der Waals surface area contributed by atoms with Crippen LogP contribution in [0.25, 0.3) is 0 Å². The van der Waals surface area contributed by atoms with E-state index in [9.17, 15) is 8.42 Å². The van der Waals surface area contributed by atoms with Gasteiger partial charge in [0.15, 0.2) is 0 Å². The fourth-order valence-electron chi connectivity index (χ4n) is 1.45. The molecule has 8 heteroatoms. The highest BCUT2D eigenvalue weighted by atomic mass is 35.5. The average molecular weight is 352 g/mol. The van der Waals surface area contributed by atoms with Crippen molar-refractivity contribution in [3.05, 3.63) is 51.5 Å². The Bertz CT molecular complexity index is 763. The second-order valence-corrected chi connectivity index (χ2v) is 6.85. The Balaban J connectivity index is 2.40. The number of nitrogen functional groups attached to an aromatic ring is 1. The van der Waals surface area contributed by atoms with Gasteiger partial charge in [0.25, 0.3) is 10.0 Å². The van der Waals surface area contributed by atoms with Crippen LogP contribution in [0.4, 0.5) is 11.4 Å². The molecule has 0 amide bonds. The van der Waals surface area contributed by atoms with Gasteiger partial charge in [0.2, 0.25) is 0 Å². The fraction of sp³-hybridized carbons (Fsp3) is 0. The molecule has 0 aromatic heterocycles. The third kappa shape index (κ3) is 3.30. The molecule has 0 unspecified atom stereocenters. The first kappa shape index (κ1) is 15.3. The maximum atomic E-state index is 12.2. The van der Waals surface area contributed by atoms with Crippen molar-refractivity contribution >= 4 is 56.2 Å². The summed E-state index contributed by atoms with van der Waals surface area (Å²) in [4.78, 5) is -0.0206. The van der Waals surface area contributed by atoms with E-state index in [1.165, 1.54) is 30.3 Å². The maximum absolute atomic E-state index is 12.2. The molecule has 0 saturated carbocycles. The van der Waals surface area contributed by atoms with Crippen molar-refractivity contribution in [1.82, 2.24) is 0 Å². The summed E-state index contributed by atoms with van der Waals surface area (Å²) in [6, 6.07) is 8.50. The predicted octanol–water partition coefficient (Wildman–Crippen LogP) is 4.03. The lowest BCUT2D eigenvalue weighted by molar-refractivity contribution is 0.601. The number of anilines is 2. The molecule has 2 aromatic rings. The van der Waals surface area contributed by atoms with E-state index in [-0.39, 0.29) is 20.6 Å². The van der Waals surface area contributed by atoms with Gasteiger partial charge in [-0.3, -0.25) is 4.72 Å². The van der Waals surface area contributed by atoms with E-state index in [2.05, 4.69) is 4.72 Å². The zero-order valence-corrected chi connectivity index (χ0v) is 13.0. The van der Waals surface area contributed by atoms with Gasteiger partial charge < -0.3 is 5.73 Å². The quantitative estimate of drug-likeness (QED) is 0.820. The Hall–Kier alpha value is -1.14. The molecule has 0 aliphatic rings. The van der Waals surface area contributed by atoms with Crippen LogP contribution in [0, 0.1) is 0 Å². The van der Waals surface area contributed by atoms with Gasteiger partial charge >= 0.3 is 0 Å². The molecule has 0 bridgehead atoms. The van der Waals surface area contributed by atoms with Gasteiger partial charge in [0, 0.05) is 5.02 Å². The van der Waals surface area contributed by atoms with Crippen molar-refractivity contribution < 1.29 is 8.42 Å². The summed E-state index contributed by atoms with van der Waals surface area (Å²) >= 11 is 17.5. The van der Waals surface area contributed by atoms with Crippen molar-refractivity contribution in [1.29, 1.82) is 0 Å². The van der Waals surface area contributed by atoms with Crippen LogP contribution in [0.15, 0.2) is 41.3 Å². The Morgan fingerprint density at radius 1 is 0.950 bits per heavy atom. The van der Waals surface area contributed by atoms with Crippen molar-refractivity contribution in [3.63, 3.8) is 0 Å². The number of sulfonamides is 1. The van der Waals surface area contributed by atoms with Crippen LogP contribution in [0.3, 0.4) is 0 Å². The molecule has 20 heavy (non-hydrogen) atoms. The van der Waals surface area contributed by atoms with Crippen LogP contribution in [-0.4, -0.2) is 8.42 Å². The van der Waals surface area contributed by atoms with E-state index in [1.54, 1.807) is 6.07 Å². The molecule has 106 valence electrons. The van der Waals surface area contributed by atoms with Gasteiger partial charge in [-0.25, -0.2) is 8.42 Å². The molecule has 2 rings (SSSR count). The van der Waals surface area contributed by atoms with Crippen LogP contribution < -0.4 is 10.5 Å². The topological polar surface area (TPSA) is 72.2 Å². The maximum Gasteiger partial charge on any atom is 0.261 e. The highest BCUT2D eigenvalue weighted by Gasteiger charge is 2.17. The van der Waals surface area contributed by atoms with Crippen molar-refractivity contribution in [3.8, 4) is 0 Å². The van der Waals surface area contributed by atoms with Crippen molar-refractivity contribution in [2.24, 2.45) is 0 Å². The molecule has 0 radical (unpaired) electrons. The third-order valence-corrected chi connectivity index (χ3v) is 4.71. The number of hydrogen-bond donors (Lipinski definition) is 2. The largest absolute Gasteiger partial charge is 0.398 e. The van der Waals surface area contributed by atoms with Crippen LogP contribution in [0.2, 0.25) is 15.1 Å². The summed E-state index contributed by atoms with van der Waals surface area (Å²) in [7, 11) is -3.82. The standard InChI is InChI=1S/C12H9Cl3N2O2S/c13-7-1-3-9(14)12(5-7)17-20(18,19)8-2-4-11(16)10(15)6-8/h1-6,17H,16H2. The van der Waals surface area contributed by atoms with E-state index >= 15 is 0 Å². The number of benzene rings is 2. The van der Waals surface area contributed by atoms with Crippen LogP contribution in [0.5, 0.6) is 0 Å². The molecule has 0 saturated heterocycles. The van der Waals surface area contributed by atoms with Crippen molar-refractivity contribution in [2.45, 2.75) is 4.90 Å². The van der Waals surface area contributed by atoms with E-state index in [0.717, 1.165) is 0 Å². The van der Waals surface area contributed by atoms with Crippen molar-refractivity contribution in [2.75, 3.05) is 10.5 Å². The number of rotatable bonds is 3. The zero-order chi connectivity index (χ0) is 14.9. The highest BCUT2D eigenvalue weighted by molar-refractivity contribution is 7.92. The summed E-state index contributed by atoms with van der Waals surface area (Å²) in [5, 5.41) is 0.757. The van der Waals surface area contributed by atoms with Crippen LogP contribution in [-0.2, 0) is 10.0 Å². The van der Waals surface area contributed by atoms with Crippen LogP contribution >= 0.6 is 34.8 Å². The molecule has 0 atom stereocenters. The van der Waals surface area contributed by atoms with Gasteiger partial charge in [-0.15, -0.1) is 0 Å². The van der Waals surface area contributed by atoms with Gasteiger partial charge in [-0.05, 0) is 36.4 Å². The minimum atomic E-state index is -3.82. The molecule has 0 spiro atoms. The van der Waals surface area contributed by atoms with E-state index in [0.29, 0.717) is 10.7 Å². The predicted molar refractivity (Wildman–Crippen MR) is 83.1 cm³/mol. The summed E-state index contributed by atoms with van der Waals surface area (Å²) in [6.07, 6.45) is 0. The molecule has 0 heterocycles. The van der Waals surface area contributed by atoms with Gasteiger partial charge in [0.1, 0.15) is 0 Å².